The van der Waals surface area contributed by atoms with Gasteiger partial charge in [-0.3, -0.25) is 0 Å². The molecule has 2 heterocycles. The average Bonchev–Trinajstić information content (AvgIpc) is 2.96. The number of hydrogen-bond acceptors (Lipinski definition) is 4. The van der Waals surface area contributed by atoms with Gasteiger partial charge in [-0.1, -0.05) is 34.4 Å². The van der Waals surface area contributed by atoms with Gasteiger partial charge in [0, 0.05) is 30.0 Å². The van der Waals surface area contributed by atoms with E-state index >= 15 is 0 Å². The lowest BCUT2D eigenvalue weighted by atomic mass is 10.1. The molecule has 0 fully saturated rings. The van der Waals surface area contributed by atoms with Crippen LogP contribution in [0.4, 0.5) is 5.88 Å². The number of anilines is 1. The van der Waals surface area contributed by atoms with Crippen molar-refractivity contribution >= 4 is 29.1 Å². The number of rotatable bonds is 2. The summed E-state index contributed by atoms with van der Waals surface area (Å²) in [6, 6.07) is 5.16. The van der Waals surface area contributed by atoms with Gasteiger partial charge in [0.2, 0.25) is 5.88 Å². The summed E-state index contributed by atoms with van der Waals surface area (Å²) < 4.78 is 6.92. The minimum Gasteiger partial charge on any atom is -0.367 e. The molecule has 0 bridgehead atoms. The predicted octanol–water partition coefficient (Wildman–Crippen LogP) is 3.63. The van der Waals surface area contributed by atoms with Gasteiger partial charge in [-0.25, -0.2) is 4.98 Å². The van der Waals surface area contributed by atoms with E-state index in [-0.39, 0.29) is 5.88 Å². The van der Waals surface area contributed by atoms with Crippen LogP contribution in [-0.2, 0) is 7.05 Å². The number of nitrogen functional groups attached to an aromatic ring is 1. The van der Waals surface area contributed by atoms with Gasteiger partial charge in [0.15, 0.2) is 11.5 Å². The molecule has 0 amide bonds. The molecule has 0 atom stereocenters. The number of hydrogen-bond donors (Lipinski definition) is 1. The number of benzene rings is 1. The molecule has 0 spiro atoms. The Morgan fingerprint density at radius 1 is 1.30 bits per heavy atom. The zero-order chi connectivity index (χ0) is 14.3. The Bertz CT molecular complexity index is 779. The van der Waals surface area contributed by atoms with Crippen molar-refractivity contribution in [2.45, 2.75) is 0 Å². The first-order valence-electron chi connectivity index (χ1n) is 5.76. The average molecular weight is 309 g/mol. The summed E-state index contributed by atoms with van der Waals surface area (Å²) in [5, 5.41) is 5.01. The minimum absolute atomic E-state index is 0.187. The maximum Gasteiger partial charge on any atom is 0.230 e. The van der Waals surface area contributed by atoms with Crippen molar-refractivity contribution in [2.24, 2.45) is 7.05 Å². The smallest absolute Gasteiger partial charge is 0.230 e. The molecule has 0 unspecified atom stereocenters. The lowest BCUT2D eigenvalue weighted by molar-refractivity contribution is 0.438. The number of imidazole rings is 1. The molecule has 20 heavy (non-hydrogen) atoms. The predicted molar refractivity (Wildman–Crippen MR) is 78.6 cm³/mol. The summed E-state index contributed by atoms with van der Waals surface area (Å²) in [4.78, 5) is 4.25. The highest BCUT2D eigenvalue weighted by atomic mass is 35.5. The van der Waals surface area contributed by atoms with E-state index in [9.17, 15) is 0 Å². The summed E-state index contributed by atoms with van der Waals surface area (Å²) in [6.07, 6.45) is 3.49. The molecule has 0 aliphatic heterocycles. The fourth-order valence-electron chi connectivity index (χ4n) is 2.00. The van der Waals surface area contributed by atoms with E-state index in [2.05, 4.69) is 10.1 Å². The van der Waals surface area contributed by atoms with Gasteiger partial charge in [0.1, 0.15) is 0 Å². The maximum absolute atomic E-state index is 6.23. The van der Waals surface area contributed by atoms with Crippen molar-refractivity contribution in [3.05, 3.63) is 40.6 Å². The lowest BCUT2D eigenvalue weighted by Gasteiger charge is -2.05. The monoisotopic (exact) mass is 308 g/mol. The van der Waals surface area contributed by atoms with Crippen molar-refractivity contribution in [1.29, 1.82) is 0 Å². The van der Waals surface area contributed by atoms with E-state index in [0.717, 1.165) is 0 Å². The summed E-state index contributed by atoms with van der Waals surface area (Å²) >= 11 is 12.1. The van der Waals surface area contributed by atoms with E-state index in [4.69, 9.17) is 33.5 Å². The summed E-state index contributed by atoms with van der Waals surface area (Å²) in [5.74, 6) is 0.832. The Balaban J connectivity index is 2.24. The SMILES string of the molecule is Cn1ccnc1-c1noc(N)c1-c1ccc(Cl)cc1Cl. The molecule has 3 aromatic rings. The fourth-order valence-corrected chi connectivity index (χ4v) is 2.50. The number of aromatic nitrogens is 3. The number of aryl methyl sites for hydroxylation is 1. The van der Waals surface area contributed by atoms with Crippen molar-refractivity contribution in [3.8, 4) is 22.6 Å². The van der Waals surface area contributed by atoms with Crippen molar-refractivity contribution in [1.82, 2.24) is 14.7 Å². The first-order chi connectivity index (χ1) is 9.58. The van der Waals surface area contributed by atoms with Gasteiger partial charge in [0.25, 0.3) is 0 Å². The van der Waals surface area contributed by atoms with Crippen LogP contribution in [0.1, 0.15) is 0 Å². The normalized spacial score (nSPS) is 10.9. The Morgan fingerprint density at radius 2 is 2.10 bits per heavy atom. The molecule has 2 aromatic heterocycles. The topological polar surface area (TPSA) is 69.9 Å². The Morgan fingerprint density at radius 3 is 2.75 bits per heavy atom. The van der Waals surface area contributed by atoms with E-state index in [0.29, 0.717) is 32.7 Å². The van der Waals surface area contributed by atoms with Crippen LogP contribution in [0.3, 0.4) is 0 Å². The third-order valence-corrected chi connectivity index (χ3v) is 3.50. The van der Waals surface area contributed by atoms with Gasteiger partial charge in [-0.05, 0) is 12.1 Å². The first-order valence-corrected chi connectivity index (χ1v) is 6.52. The molecule has 5 nitrogen and oxygen atoms in total. The highest BCUT2D eigenvalue weighted by Gasteiger charge is 2.22. The zero-order valence-corrected chi connectivity index (χ0v) is 12.0. The number of nitrogens with zero attached hydrogens (tertiary/aromatic N) is 3. The number of halogens is 2. The quantitative estimate of drug-likeness (QED) is 0.784. The van der Waals surface area contributed by atoms with Crippen LogP contribution < -0.4 is 5.73 Å². The van der Waals surface area contributed by atoms with E-state index < -0.39 is 0 Å². The number of nitrogens with two attached hydrogens (primary N) is 1. The standard InChI is InChI=1S/C13H10Cl2N4O/c1-19-5-4-17-13(19)11-10(12(16)20-18-11)8-3-2-7(14)6-9(8)15/h2-6H,16H2,1H3. The van der Waals surface area contributed by atoms with Gasteiger partial charge in [-0.15, -0.1) is 0 Å². The van der Waals surface area contributed by atoms with Crippen LogP contribution in [0.2, 0.25) is 10.0 Å². The van der Waals surface area contributed by atoms with Crippen LogP contribution in [0.15, 0.2) is 35.1 Å². The summed E-state index contributed by atoms with van der Waals surface area (Å²) in [5.41, 5.74) is 7.73. The largest absolute Gasteiger partial charge is 0.367 e. The molecule has 0 aliphatic carbocycles. The first kappa shape index (κ1) is 13.0. The van der Waals surface area contributed by atoms with Gasteiger partial charge in [-0.2, -0.15) is 0 Å². The second-order valence-corrected chi connectivity index (χ2v) is 5.10. The fraction of sp³-hybridized carbons (Fsp3) is 0.0769. The van der Waals surface area contributed by atoms with Crippen LogP contribution in [0, 0.1) is 0 Å². The Hall–Kier alpha value is -1.98. The van der Waals surface area contributed by atoms with Crippen molar-refractivity contribution < 1.29 is 4.52 Å². The molecule has 0 radical (unpaired) electrons. The van der Waals surface area contributed by atoms with Gasteiger partial charge in [0.05, 0.1) is 10.6 Å². The molecule has 0 saturated heterocycles. The lowest BCUT2D eigenvalue weighted by Crippen LogP contribution is -1.94. The molecule has 3 rings (SSSR count). The van der Waals surface area contributed by atoms with Gasteiger partial charge >= 0.3 is 0 Å². The van der Waals surface area contributed by atoms with Gasteiger partial charge < -0.3 is 14.8 Å². The van der Waals surface area contributed by atoms with E-state index in [1.807, 2.05) is 17.8 Å². The van der Waals surface area contributed by atoms with E-state index in [1.54, 1.807) is 24.4 Å². The van der Waals surface area contributed by atoms with Crippen LogP contribution >= 0.6 is 23.2 Å². The molecule has 1 aromatic carbocycles. The second kappa shape index (κ2) is 4.85. The Kier molecular flexibility index (Phi) is 3.16. The van der Waals surface area contributed by atoms with Crippen LogP contribution in [0.25, 0.3) is 22.6 Å². The molecule has 7 heteroatoms. The molecule has 0 aliphatic rings. The third-order valence-electron chi connectivity index (χ3n) is 2.95. The molecular formula is C13H10Cl2N4O. The summed E-state index contributed by atoms with van der Waals surface area (Å²) in [6.45, 7) is 0. The van der Waals surface area contributed by atoms with Crippen LogP contribution in [-0.4, -0.2) is 14.7 Å². The van der Waals surface area contributed by atoms with Crippen molar-refractivity contribution in [3.63, 3.8) is 0 Å². The maximum atomic E-state index is 6.23. The van der Waals surface area contributed by atoms with E-state index in [1.165, 1.54) is 0 Å². The van der Waals surface area contributed by atoms with Crippen molar-refractivity contribution in [2.75, 3.05) is 5.73 Å². The Labute approximate surface area is 124 Å². The summed E-state index contributed by atoms with van der Waals surface area (Å²) in [7, 11) is 1.86. The second-order valence-electron chi connectivity index (χ2n) is 4.26. The molecular weight excluding hydrogens is 299 g/mol. The highest BCUT2D eigenvalue weighted by molar-refractivity contribution is 6.36. The minimum atomic E-state index is 0.187. The molecule has 0 saturated carbocycles. The highest BCUT2D eigenvalue weighted by Crippen LogP contribution is 2.39. The van der Waals surface area contributed by atoms with Crippen LogP contribution in [0.5, 0.6) is 0 Å². The third kappa shape index (κ3) is 2.05. The molecule has 102 valence electrons. The molecule has 2 N–H and O–H groups in total. The zero-order valence-electron chi connectivity index (χ0n) is 10.5.